The van der Waals surface area contributed by atoms with E-state index in [2.05, 4.69) is 9.97 Å². The minimum atomic E-state index is -0.605. The maximum Gasteiger partial charge on any atom is 0.249 e. The van der Waals surface area contributed by atoms with E-state index in [0.717, 1.165) is 0 Å². The lowest BCUT2D eigenvalue weighted by Gasteiger charge is -2.11. The molecule has 4 N–H and O–H groups in total. The number of ether oxygens (including phenoxy) is 3. The number of carbonyl (C=O) groups excluding carboxylic acids is 1. The fraction of sp³-hybridized carbons (Fsp3) is 0.154. The molecule has 0 unspecified atom stereocenters. The van der Waals surface area contributed by atoms with Crippen LogP contribution in [0.15, 0.2) is 24.5 Å². The van der Waals surface area contributed by atoms with Crippen molar-refractivity contribution in [1.29, 1.82) is 0 Å². The number of amides is 1. The van der Waals surface area contributed by atoms with Crippen molar-refractivity contribution < 1.29 is 19.0 Å². The summed E-state index contributed by atoms with van der Waals surface area (Å²) < 4.78 is 15.6. The number of benzene rings is 1. The number of hydrogen-bond acceptors (Lipinski definition) is 7. The van der Waals surface area contributed by atoms with Crippen LogP contribution < -0.4 is 25.7 Å². The molecule has 8 heteroatoms. The number of hydrogen-bond donors (Lipinski definition) is 2. The monoisotopic (exact) mass is 290 g/mol. The van der Waals surface area contributed by atoms with Crippen molar-refractivity contribution in [2.45, 2.75) is 0 Å². The van der Waals surface area contributed by atoms with Gasteiger partial charge in [-0.15, -0.1) is 0 Å². The van der Waals surface area contributed by atoms with Gasteiger partial charge in [0.25, 0.3) is 0 Å². The molecule has 1 aromatic heterocycles. The maximum absolute atomic E-state index is 11.3. The number of methoxy groups -OCH3 is 2. The van der Waals surface area contributed by atoms with E-state index in [-0.39, 0.29) is 23.0 Å². The Morgan fingerprint density at radius 2 is 1.71 bits per heavy atom. The summed E-state index contributed by atoms with van der Waals surface area (Å²) in [5.74, 6) is 0.409. The van der Waals surface area contributed by atoms with Gasteiger partial charge in [0.2, 0.25) is 17.7 Å². The van der Waals surface area contributed by atoms with Gasteiger partial charge < -0.3 is 25.7 Å². The SMILES string of the molecule is COc1cc(Oc2ncnc(OC)c2N)cc(C(N)=O)c1. The number of rotatable bonds is 5. The average molecular weight is 290 g/mol. The van der Waals surface area contributed by atoms with Crippen molar-refractivity contribution in [3.05, 3.63) is 30.1 Å². The first-order chi connectivity index (χ1) is 10.0. The Bertz CT molecular complexity index is 675. The maximum atomic E-state index is 11.3. The molecule has 0 aliphatic carbocycles. The largest absolute Gasteiger partial charge is 0.497 e. The molecule has 8 nitrogen and oxygen atoms in total. The van der Waals surface area contributed by atoms with Crippen LogP contribution in [0.3, 0.4) is 0 Å². The first-order valence-corrected chi connectivity index (χ1v) is 5.86. The molecule has 21 heavy (non-hydrogen) atoms. The fourth-order valence-corrected chi connectivity index (χ4v) is 1.61. The number of nitrogens with zero attached hydrogens (tertiary/aromatic N) is 2. The molecule has 0 aliphatic heterocycles. The van der Waals surface area contributed by atoms with Crippen molar-refractivity contribution in [1.82, 2.24) is 9.97 Å². The summed E-state index contributed by atoms with van der Waals surface area (Å²) in [4.78, 5) is 19.0. The van der Waals surface area contributed by atoms with Crippen LogP contribution in [0.2, 0.25) is 0 Å². The molecule has 110 valence electrons. The third-order valence-corrected chi connectivity index (χ3v) is 2.62. The lowest BCUT2D eigenvalue weighted by molar-refractivity contribution is 0.0999. The van der Waals surface area contributed by atoms with Crippen LogP contribution in [-0.2, 0) is 0 Å². The van der Waals surface area contributed by atoms with E-state index in [9.17, 15) is 4.79 Å². The van der Waals surface area contributed by atoms with Crippen LogP contribution in [0.4, 0.5) is 5.69 Å². The summed E-state index contributed by atoms with van der Waals surface area (Å²) in [6.07, 6.45) is 1.25. The van der Waals surface area contributed by atoms with Gasteiger partial charge in [0.1, 0.15) is 17.8 Å². The molecule has 2 aromatic rings. The summed E-state index contributed by atoms with van der Waals surface area (Å²) in [6.45, 7) is 0. The second-order valence-electron chi connectivity index (χ2n) is 3.97. The zero-order chi connectivity index (χ0) is 15.4. The van der Waals surface area contributed by atoms with E-state index >= 15 is 0 Å². The zero-order valence-electron chi connectivity index (χ0n) is 11.5. The van der Waals surface area contributed by atoms with Crippen molar-refractivity contribution in [2.75, 3.05) is 20.0 Å². The Morgan fingerprint density at radius 3 is 2.33 bits per heavy atom. The molecule has 0 saturated heterocycles. The number of carbonyl (C=O) groups is 1. The predicted octanol–water partition coefficient (Wildman–Crippen LogP) is 0.967. The van der Waals surface area contributed by atoms with Crippen LogP contribution in [-0.4, -0.2) is 30.1 Å². The molecular formula is C13H14N4O4. The predicted molar refractivity (Wildman–Crippen MR) is 74.6 cm³/mol. The smallest absolute Gasteiger partial charge is 0.249 e. The zero-order valence-corrected chi connectivity index (χ0v) is 11.5. The second-order valence-corrected chi connectivity index (χ2v) is 3.97. The minimum Gasteiger partial charge on any atom is -0.497 e. The Labute approximate surface area is 120 Å². The van der Waals surface area contributed by atoms with E-state index in [4.69, 9.17) is 25.7 Å². The van der Waals surface area contributed by atoms with Gasteiger partial charge in [0.15, 0.2) is 5.69 Å². The molecule has 1 heterocycles. The summed E-state index contributed by atoms with van der Waals surface area (Å²) >= 11 is 0. The lowest BCUT2D eigenvalue weighted by Crippen LogP contribution is -2.11. The number of nitrogen functional groups attached to an aromatic ring is 1. The quantitative estimate of drug-likeness (QED) is 0.840. The van der Waals surface area contributed by atoms with E-state index in [0.29, 0.717) is 11.5 Å². The highest BCUT2D eigenvalue weighted by molar-refractivity contribution is 5.93. The van der Waals surface area contributed by atoms with Crippen molar-refractivity contribution in [2.24, 2.45) is 5.73 Å². The highest BCUT2D eigenvalue weighted by atomic mass is 16.5. The lowest BCUT2D eigenvalue weighted by atomic mass is 10.2. The highest BCUT2D eigenvalue weighted by Crippen LogP contribution is 2.32. The number of primary amides is 1. The molecule has 1 aromatic carbocycles. The fourth-order valence-electron chi connectivity index (χ4n) is 1.61. The topological polar surface area (TPSA) is 123 Å². The van der Waals surface area contributed by atoms with Gasteiger partial charge in [-0.3, -0.25) is 4.79 Å². The average Bonchev–Trinajstić information content (AvgIpc) is 2.49. The minimum absolute atomic E-state index is 0.102. The number of nitrogens with two attached hydrogens (primary N) is 2. The second kappa shape index (κ2) is 5.95. The molecule has 0 aliphatic rings. The van der Waals surface area contributed by atoms with E-state index in [1.54, 1.807) is 6.07 Å². The molecule has 0 bridgehead atoms. The summed E-state index contributed by atoms with van der Waals surface area (Å²) in [5, 5.41) is 0. The van der Waals surface area contributed by atoms with Gasteiger partial charge in [-0.1, -0.05) is 0 Å². The Kier molecular flexibility index (Phi) is 4.07. The van der Waals surface area contributed by atoms with Crippen LogP contribution >= 0.6 is 0 Å². The van der Waals surface area contributed by atoms with Gasteiger partial charge in [0.05, 0.1) is 14.2 Å². The number of anilines is 1. The standard InChI is InChI=1S/C13H14N4O4/c1-19-8-3-7(11(15)18)4-9(5-8)21-13-10(14)12(20-2)16-6-17-13/h3-6H,14H2,1-2H3,(H2,15,18). The Hall–Kier alpha value is -3.03. The van der Waals surface area contributed by atoms with Crippen molar-refractivity contribution >= 4 is 11.6 Å². The normalized spacial score (nSPS) is 10.0. The van der Waals surface area contributed by atoms with E-state index in [1.165, 1.54) is 32.7 Å². The third-order valence-electron chi connectivity index (χ3n) is 2.62. The van der Waals surface area contributed by atoms with Gasteiger partial charge in [-0.05, 0) is 12.1 Å². The molecule has 0 radical (unpaired) electrons. The molecule has 1 amide bonds. The molecule has 0 fully saturated rings. The highest BCUT2D eigenvalue weighted by Gasteiger charge is 2.13. The number of aromatic nitrogens is 2. The van der Waals surface area contributed by atoms with Gasteiger partial charge in [-0.25, -0.2) is 0 Å². The Balaban J connectivity index is 2.39. The van der Waals surface area contributed by atoms with Crippen LogP contribution in [0.5, 0.6) is 23.3 Å². The summed E-state index contributed by atoms with van der Waals surface area (Å²) in [5.41, 5.74) is 11.4. The molecule has 0 atom stereocenters. The van der Waals surface area contributed by atoms with Gasteiger partial charge >= 0.3 is 0 Å². The van der Waals surface area contributed by atoms with Crippen molar-refractivity contribution in [3.8, 4) is 23.3 Å². The van der Waals surface area contributed by atoms with E-state index in [1.807, 2.05) is 0 Å². The van der Waals surface area contributed by atoms with Gasteiger partial charge in [0, 0.05) is 11.6 Å². The molecule has 2 rings (SSSR count). The first kappa shape index (κ1) is 14.4. The Morgan fingerprint density at radius 1 is 1.05 bits per heavy atom. The van der Waals surface area contributed by atoms with Gasteiger partial charge in [-0.2, -0.15) is 9.97 Å². The molecule has 0 spiro atoms. The van der Waals surface area contributed by atoms with Crippen LogP contribution in [0.1, 0.15) is 10.4 Å². The molecular weight excluding hydrogens is 276 g/mol. The van der Waals surface area contributed by atoms with E-state index < -0.39 is 5.91 Å². The third kappa shape index (κ3) is 3.11. The van der Waals surface area contributed by atoms with Crippen LogP contribution in [0, 0.1) is 0 Å². The molecule has 0 saturated carbocycles. The summed E-state index contributed by atoms with van der Waals surface area (Å²) in [7, 11) is 2.89. The van der Waals surface area contributed by atoms with Crippen LogP contribution in [0.25, 0.3) is 0 Å². The van der Waals surface area contributed by atoms with Crippen molar-refractivity contribution in [3.63, 3.8) is 0 Å². The summed E-state index contributed by atoms with van der Waals surface area (Å²) in [6, 6.07) is 4.53. The first-order valence-electron chi connectivity index (χ1n) is 5.86.